The third kappa shape index (κ3) is 1.26. The van der Waals surface area contributed by atoms with Gasteiger partial charge >= 0.3 is 0 Å². The molecule has 1 heterocycles. The molecule has 1 aliphatic rings. The summed E-state index contributed by atoms with van der Waals surface area (Å²) in [6.45, 7) is 8.23. The van der Waals surface area contributed by atoms with Gasteiger partial charge in [0.1, 0.15) is 0 Å². The first kappa shape index (κ1) is 7.07. The van der Waals surface area contributed by atoms with Crippen molar-refractivity contribution in [2.45, 2.75) is 32.7 Å². The van der Waals surface area contributed by atoms with Crippen LogP contribution in [0.15, 0.2) is 0 Å². The van der Waals surface area contributed by atoms with Crippen LogP contribution in [0.3, 0.4) is 0 Å². The van der Waals surface area contributed by atoms with Gasteiger partial charge in [0.25, 0.3) is 0 Å². The minimum atomic E-state index is 0.458. The summed E-state index contributed by atoms with van der Waals surface area (Å²) in [6, 6.07) is 0. The number of nitrogens with zero attached hydrogens (tertiary/aromatic N) is 1. The van der Waals surface area contributed by atoms with Crippen molar-refractivity contribution in [1.29, 1.82) is 0 Å². The molecule has 1 atom stereocenters. The van der Waals surface area contributed by atoms with Crippen LogP contribution in [0.25, 0.3) is 0 Å². The SMILES string of the molecule is CC1CN(C)C(C)(C)C1. The van der Waals surface area contributed by atoms with E-state index < -0.39 is 0 Å². The van der Waals surface area contributed by atoms with E-state index in [1.165, 1.54) is 13.0 Å². The summed E-state index contributed by atoms with van der Waals surface area (Å²) < 4.78 is 0. The van der Waals surface area contributed by atoms with Crippen LogP contribution in [0.5, 0.6) is 0 Å². The van der Waals surface area contributed by atoms with Crippen LogP contribution in [0, 0.1) is 5.92 Å². The van der Waals surface area contributed by atoms with E-state index >= 15 is 0 Å². The quantitative estimate of drug-likeness (QED) is 0.479. The van der Waals surface area contributed by atoms with Crippen LogP contribution in [0.1, 0.15) is 27.2 Å². The molecule has 9 heavy (non-hydrogen) atoms. The third-order valence-corrected chi connectivity index (χ3v) is 2.47. The Morgan fingerprint density at radius 2 is 2.00 bits per heavy atom. The monoisotopic (exact) mass is 127 g/mol. The van der Waals surface area contributed by atoms with Gasteiger partial charge < -0.3 is 4.90 Å². The molecule has 1 saturated heterocycles. The fourth-order valence-electron chi connectivity index (χ4n) is 1.79. The predicted octanol–water partition coefficient (Wildman–Crippen LogP) is 1.74. The Morgan fingerprint density at radius 3 is 2.11 bits per heavy atom. The Balaban J connectivity index is 2.58. The van der Waals surface area contributed by atoms with Crippen LogP contribution in [-0.4, -0.2) is 24.0 Å². The summed E-state index contributed by atoms with van der Waals surface area (Å²) in [5.74, 6) is 0.894. The van der Waals surface area contributed by atoms with E-state index in [2.05, 4.69) is 32.7 Å². The van der Waals surface area contributed by atoms with E-state index in [1.807, 2.05) is 0 Å². The topological polar surface area (TPSA) is 3.24 Å². The lowest BCUT2D eigenvalue weighted by atomic mass is 9.98. The summed E-state index contributed by atoms with van der Waals surface area (Å²) in [5, 5.41) is 0. The van der Waals surface area contributed by atoms with Gasteiger partial charge in [-0.15, -0.1) is 0 Å². The standard InChI is InChI=1S/C8H17N/c1-7-5-8(2,3)9(4)6-7/h7H,5-6H2,1-4H3. The van der Waals surface area contributed by atoms with E-state index in [9.17, 15) is 0 Å². The normalized spacial score (nSPS) is 35.3. The van der Waals surface area contributed by atoms with Gasteiger partial charge in [0.15, 0.2) is 0 Å². The van der Waals surface area contributed by atoms with Crippen molar-refractivity contribution in [1.82, 2.24) is 4.90 Å². The Kier molecular flexibility index (Phi) is 1.55. The lowest BCUT2D eigenvalue weighted by molar-refractivity contribution is 0.218. The summed E-state index contributed by atoms with van der Waals surface area (Å²) >= 11 is 0. The zero-order valence-electron chi connectivity index (χ0n) is 6.94. The second-order valence-electron chi connectivity index (χ2n) is 4.00. The van der Waals surface area contributed by atoms with Crippen molar-refractivity contribution in [2.75, 3.05) is 13.6 Å². The van der Waals surface area contributed by atoms with Crippen LogP contribution in [0.2, 0.25) is 0 Å². The van der Waals surface area contributed by atoms with Gasteiger partial charge in [-0.25, -0.2) is 0 Å². The van der Waals surface area contributed by atoms with E-state index in [1.54, 1.807) is 0 Å². The Labute approximate surface area is 58.0 Å². The zero-order chi connectivity index (χ0) is 7.07. The molecule has 1 fully saturated rings. The number of hydrogen-bond donors (Lipinski definition) is 0. The van der Waals surface area contributed by atoms with Gasteiger partial charge in [0.2, 0.25) is 0 Å². The maximum absolute atomic E-state index is 2.44. The molecule has 1 nitrogen and oxygen atoms in total. The second kappa shape index (κ2) is 1.98. The highest BCUT2D eigenvalue weighted by molar-refractivity contribution is 4.88. The molecule has 1 heteroatoms. The molecule has 0 aliphatic carbocycles. The lowest BCUT2D eigenvalue weighted by Crippen LogP contribution is -2.34. The smallest absolute Gasteiger partial charge is 0.0153 e. The van der Waals surface area contributed by atoms with E-state index in [-0.39, 0.29) is 0 Å². The number of likely N-dealkylation sites (tertiary alicyclic amines) is 1. The maximum atomic E-state index is 2.44. The highest BCUT2D eigenvalue weighted by atomic mass is 15.2. The van der Waals surface area contributed by atoms with E-state index in [4.69, 9.17) is 0 Å². The molecule has 54 valence electrons. The fourth-order valence-corrected chi connectivity index (χ4v) is 1.79. The van der Waals surface area contributed by atoms with Crippen LogP contribution in [0.4, 0.5) is 0 Å². The molecule has 1 rings (SSSR count). The lowest BCUT2D eigenvalue weighted by Gasteiger charge is -2.26. The highest BCUT2D eigenvalue weighted by Crippen LogP contribution is 2.30. The molecule has 1 unspecified atom stereocenters. The van der Waals surface area contributed by atoms with Crippen LogP contribution >= 0.6 is 0 Å². The molecular formula is C8H17N. The number of hydrogen-bond acceptors (Lipinski definition) is 1. The van der Waals surface area contributed by atoms with Gasteiger partial charge in [-0.05, 0) is 33.2 Å². The molecule has 0 bridgehead atoms. The second-order valence-corrected chi connectivity index (χ2v) is 4.00. The van der Waals surface area contributed by atoms with Crippen molar-refractivity contribution in [3.05, 3.63) is 0 Å². The summed E-state index contributed by atoms with van der Waals surface area (Å²) in [5.41, 5.74) is 0.458. The molecule has 1 aliphatic heterocycles. The van der Waals surface area contributed by atoms with Gasteiger partial charge in [0, 0.05) is 12.1 Å². The molecule has 0 radical (unpaired) electrons. The first-order valence-corrected chi connectivity index (χ1v) is 3.73. The average Bonchev–Trinajstić information content (AvgIpc) is 1.79. The van der Waals surface area contributed by atoms with Gasteiger partial charge in [-0.1, -0.05) is 6.92 Å². The van der Waals surface area contributed by atoms with Crippen molar-refractivity contribution in [3.8, 4) is 0 Å². The van der Waals surface area contributed by atoms with Crippen molar-refractivity contribution < 1.29 is 0 Å². The molecule has 0 aromatic heterocycles. The van der Waals surface area contributed by atoms with Crippen molar-refractivity contribution in [3.63, 3.8) is 0 Å². The molecule has 0 aromatic carbocycles. The van der Waals surface area contributed by atoms with E-state index in [0.717, 1.165) is 5.92 Å². The summed E-state index contributed by atoms with van der Waals surface area (Å²) in [4.78, 5) is 2.44. The number of rotatable bonds is 0. The van der Waals surface area contributed by atoms with Gasteiger partial charge in [-0.2, -0.15) is 0 Å². The van der Waals surface area contributed by atoms with E-state index in [0.29, 0.717) is 5.54 Å². The molecule has 0 amide bonds. The summed E-state index contributed by atoms with van der Waals surface area (Å²) in [7, 11) is 2.21. The van der Waals surface area contributed by atoms with Gasteiger partial charge in [-0.3, -0.25) is 0 Å². The molecule has 0 aromatic rings. The highest BCUT2D eigenvalue weighted by Gasteiger charge is 2.32. The van der Waals surface area contributed by atoms with Gasteiger partial charge in [0.05, 0.1) is 0 Å². The first-order chi connectivity index (χ1) is 4.02. The molecule has 0 spiro atoms. The Morgan fingerprint density at radius 1 is 1.44 bits per heavy atom. The first-order valence-electron chi connectivity index (χ1n) is 3.73. The molecule has 0 N–H and O–H groups in total. The fraction of sp³-hybridized carbons (Fsp3) is 1.00. The minimum Gasteiger partial charge on any atom is -0.301 e. The largest absolute Gasteiger partial charge is 0.301 e. The zero-order valence-corrected chi connectivity index (χ0v) is 6.94. The predicted molar refractivity (Wildman–Crippen MR) is 40.5 cm³/mol. The Bertz CT molecular complexity index is 107. The third-order valence-electron chi connectivity index (χ3n) is 2.47. The Hall–Kier alpha value is -0.0400. The van der Waals surface area contributed by atoms with Crippen LogP contribution in [-0.2, 0) is 0 Å². The minimum absolute atomic E-state index is 0.458. The molecule has 0 saturated carbocycles. The van der Waals surface area contributed by atoms with Crippen molar-refractivity contribution in [2.24, 2.45) is 5.92 Å². The maximum Gasteiger partial charge on any atom is 0.0153 e. The molecular weight excluding hydrogens is 110 g/mol. The summed E-state index contributed by atoms with van der Waals surface area (Å²) in [6.07, 6.45) is 1.35. The average molecular weight is 127 g/mol. The van der Waals surface area contributed by atoms with Crippen LogP contribution < -0.4 is 0 Å². The van der Waals surface area contributed by atoms with Crippen molar-refractivity contribution >= 4 is 0 Å².